The molecule has 0 spiro atoms. The van der Waals surface area contributed by atoms with E-state index < -0.39 is 6.09 Å². The van der Waals surface area contributed by atoms with Crippen LogP contribution in [0.1, 0.15) is 24.3 Å². The first-order valence-electron chi connectivity index (χ1n) is 7.96. The van der Waals surface area contributed by atoms with Crippen molar-refractivity contribution in [2.75, 3.05) is 26.7 Å². The van der Waals surface area contributed by atoms with Crippen molar-refractivity contribution in [3.8, 4) is 0 Å². The lowest BCUT2D eigenvalue weighted by molar-refractivity contribution is 0.193. The van der Waals surface area contributed by atoms with Crippen LogP contribution < -0.4 is 5.32 Å². The SMILES string of the molecule is CN(CCCNC(=O)O)CC1CC1c1c[nH]c2ccc(F)cc12. The van der Waals surface area contributed by atoms with E-state index in [9.17, 15) is 9.18 Å². The Balaban J connectivity index is 1.51. The summed E-state index contributed by atoms with van der Waals surface area (Å²) in [6.07, 6.45) is 2.96. The molecule has 1 fully saturated rings. The minimum atomic E-state index is -0.971. The molecule has 0 saturated heterocycles. The number of aromatic nitrogens is 1. The molecule has 1 aromatic carbocycles. The molecule has 3 rings (SSSR count). The fourth-order valence-corrected chi connectivity index (χ4v) is 3.29. The zero-order chi connectivity index (χ0) is 16.4. The second-order valence-corrected chi connectivity index (χ2v) is 6.38. The highest BCUT2D eigenvalue weighted by Gasteiger charge is 2.40. The lowest BCUT2D eigenvalue weighted by Gasteiger charge is -2.16. The fraction of sp³-hybridized carbons (Fsp3) is 0.471. The molecular weight excluding hydrogens is 297 g/mol. The lowest BCUT2D eigenvalue weighted by Crippen LogP contribution is -2.28. The van der Waals surface area contributed by atoms with Crippen LogP contribution in [0, 0.1) is 11.7 Å². The number of rotatable bonds is 7. The molecule has 0 aliphatic heterocycles. The molecule has 1 aliphatic carbocycles. The lowest BCUT2D eigenvalue weighted by atomic mass is 10.1. The van der Waals surface area contributed by atoms with Crippen LogP contribution in [0.4, 0.5) is 9.18 Å². The van der Waals surface area contributed by atoms with E-state index in [0.717, 1.165) is 36.8 Å². The second kappa shape index (κ2) is 6.58. The summed E-state index contributed by atoms with van der Waals surface area (Å²) in [5, 5.41) is 11.9. The van der Waals surface area contributed by atoms with Crippen LogP contribution in [0.5, 0.6) is 0 Å². The standard InChI is InChI=1S/C17H22FN3O2/c1-21(6-2-5-19-17(22)23)10-11-7-13(11)15-9-20-16-4-3-12(18)8-14(15)16/h3-4,8-9,11,13,19-20H,2,5-7,10H2,1H3,(H,22,23). The van der Waals surface area contributed by atoms with Crippen molar-refractivity contribution in [3.05, 3.63) is 35.8 Å². The third-order valence-corrected chi connectivity index (χ3v) is 4.54. The van der Waals surface area contributed by atoms with Crippen LogP contribution in [0.2, 0.25) is 0 Å². The number of fused-ring (bicyclic) bond motifs is 1. The number of halogens is 1. The van der Waals surface area contributed by atoms with Crippen LogP contribution in [-0.2, 0) is 0 Å². The van der Waals surface area contributed by atoms with Crippen molar-refractivity contribution in [1.82, 2.24) is 15.2 Å². The number of nitrogens with one attached hydrogen (secondary N) is 2. The maximum atomic E-state index is 13.4. The van der Waals surface area contributed by atoms with Crippen LogP contribution in [0.15, 0.2) is 24.4 Å². The number of amides is 1. The van der Waals surface area contributed by atoms with Gasteiger partial charge in [0, 0.05) is 30.2 Å². The van der Waals surface area contributed by atoms with Crippen molar-refractivity contribution < 1.29 is 14.3 Å². The van der Waals surface area contributed by atoms with Gasteiger partial charge in [-0.1, -0.05) is 0 Å². The van der Waals surface area contributed by atoms with Crippen molar-refractivity contribution in [1.29, 1.82) is 0 Å². The molecule has 2 unspecified atom stereocenters. The summed E-state index contributed by atoms with van der Waals surface area (Å²) in [6.45, 7) is 2.33. The van der Waals surface area contributed by atoms with Gasteiger partial charge < -0.3 is 20.3 Å². The first-order valence-corrected chi connectivity index (χ1v) is 7.96. The molecular formula is C17H22FN3O2. The first kappa shape index (κ1) is 15.8. The van der Waals surface area contributed by atoms with Crippen molar-refractivity contribution in [2.24, 2.45) is 5.92 Å². The molecule has 1 heterocycles. The molecule has 2 atom stereocenters. The Labute approximate surface area is 134 Å². The van der Waals surface area contributed by atoms with E-state index in [4.69, 9.17) is 5.11 Å². The smallest absolute Gasteiger partial charge is 0.404 e. The number of H-pyrrole nitrogens is 1. The van der Waals surface area contributed by atoms with E-state index in [1.165, 1.54) is 11.6 Å². The largest absolute Gasteiger partial charge is 0.465 e. The highest BCUT2D eigenvalue weighted by Crippen LogP contribution is 2.49. The minimum Gasteiger partial charge on any atom is -0.465 e. The van der Waals surface area contributed by atoms with Crippen LogP contribution >= 0.6 is 0 Å². The minimum absolute atomic E-state index is 0.196. The van der Waals surface area contributed by atoms with Crippen molar-refractivity contribution >= 4 is 17.0 Å². The summed E-state index contributed by atoms with van der Waals surface area (Å²) >= 11 is 0. The third kappa shape index (κ3) is 3.82. The number of carbonyl (C=O) groups is 1. The monoisotopic (exact) mass is 319 g/mol. The molecule has 124 valence electrons. The second-order valence-electron chi connectivity index (χ2n) is 6.38. The fourth-order valence-electron chi connectivity index (χ4n) is 3.29. The number of carboxylic acid groups (broad SMARTS) is 1. The predicted octanol–water partition coefficient (Wildman–Crippen LogP) is 3.00. The van der Waals surface area contributed by atoms with Gasteiger partial charge in [-0.2, -0.15) is 0 Å². The van der Waals surface area contributed by atoms with Crippen molar-refractivity contribution in [2.45, 2.75) is 18.8 Å². The molecule has 0 radical (unpaired) electrons. The topological polar surface area (TPSA) is 68.4 Å². The Kier molecular flexibility index (Phi) is 4.52. The molecule has 0 bridgehead atoms. The maximum absolute atomic E-state index is 13.4. The quantitative estimate of drug-likeness (QED) is 0.687. The Morgan fingerprint density at radius 2 is 2.35 bits per heavy atom. The normalized spacial score (nSPS) is 20.1. The molecule has 2 aromatic rings. The summed E-state index contributed by atoms with van der Waals surface area (Å²) in [5.41, 5.74) is 2.20. The average Bonchev–Trinajstić information content (AvgIpc) is 3.12. The zero-order valence-electron chi connectivity index (χ0n) is 13.2. The van der Waals surface area contributed by atoms with Crippen molar-refractivity contribution in [3.63, 3.8) is 0 Å². The average molecular weight is 319 g/mol. The Bertz CT molecular complexity index is 700. The van der Waals surface area contributed by atoms with E-state index >= 15 is 0 Å². The van der Waals surface area contributed by atoms with E-state index in [1.54, 1.807) is 12.1 Å². The van der Waals surface area contributed by atoms with Gasteiger partial charge in [-0.05, 0) is 62.0 Å². The van der Waals surface area contributed by atoms with E-state index in [1.807, 2.05) is 6.20 Å². The summed E-state index contributed by atoms with van der Waals surface area (Å²) < 4.78 is 13.4. The van der Waals surface area contributed by atoms with Gasteiger partial charge in [-0.15, -0.1) is 0 Å². The van der Waals surface area contributed by atoms with Gasteiger partial charge in [-0.3, -0.25) is 0 Å². The van der Waals surface area contributed by atoms with Gasteiger partial charge in [0.05, 0.1) is 0 Å². The molecule has 23 heavy (non-hydrogen) atoms. The molecule has 1 amide bonds. The van der Waals surface area contributed by atoms with Gasteiger partial charge in [0.1, 0.15) is 5.82 Å². The van der Waals surface area contributed by atoms with Gasteiger partial charge in [0.25, 0.3) is 0 Å². The molecule has 1 aliphatic rings. The number of hydrogen-bond donors (Lipinski definition) is 3. The van der Waals surface area contributed by atoms with Gasteiger partial charge in [0.2, 0.25) is 0 Å². The summed E-state index contributed by atoms with van der Waals surface area (Å²) in [7, 11) is 2.06. The molecule has 6 heteroatoms. The highest BCUT2D eigenvalue weighted by molar-refractivity contribution is 5.84. The van der Waals surface area contributed by atoms with E-state index in [2.05, 4.69) is 22.2 Å². The van der Waals surface area contributed by atoms with E-state index in [0.29, 0.717) is 18.4 Å². The van der Waals surface area contributed by atoms with Gasteiger partial charge in [-0.25, -0.2) is 9.18 Å². The van der Waals surface area contributed by atoms with Gasteiger partial charge >= 0.3 is 6.09 Å². The summed E-state index contributed by atoms with van der Waals surface area (Å²) in [6, 6.07) is 4.87. The van der Waals surface area contributed by atoms with Crippen LogP contribution in [0.3, 0.4) is 0 Å². The molecule has 3 N–H and O–H groups in total. The zero-order valence-corrected chi connectivity index (χ0v) is 13.2. The van der Waals surface area contributed by atoms with Crippen LogP contribution in [-0.4, -0.2) is 47.8 Å². The van der Waals surface area contributed by atoms with Crippen LogP contribution in [0.25, 0.3) is 10.9 Å². The highest BCUT2D eigenvalue weighted by atomic mass is 19.1. The number of hydrogen-bond acceptors (Lipinski definition) is 2. The van der Waals surface area contributed by atoms with Gasteiger partial charge in [0.15, 0.2) is 0 Å². The third-order valence-electron chi connectivity index (χ3n) is 4.54. The molecule has 1 saturated carbocycles. The Morgan fingerprint density at radius 3 is 3.13 bits per heavy atom. The number of benzene rings is 1. The molecule has 1 aromatic heterocycles. The first-order chi connectivity index (χ1) is 11.0. The Morgan fingerprint density at radius 1 is 1.52 bits per heavy atom. The Hall–Kier alpha value is -2.08. The maximum Gasteiger partial charge on any atom is 0.404 e. The number of aromatic amines is 1. The number of nitrogens with zero attached hydrogens (tertiary/aromatic N) is 1. The van der Waals surface area contributed by atoms with E-state index in [-0.39, 0.29) is 5.82 Å². The predicted molar refractivity (Wildman–Crippen MR) is 87.2 cm³/mol. The molecule has 5 nitrogen and oxygen atoms in total. The summed E-state index contributed by atoms with van der Waals surface area (Å²) in [4.78, 5) is 15.8. The summed E-state index contributed by atoms with van der Waals surface area (Å²) in [5.74, 6) is 0.887.